The molecule has 13 heavy (non-hydrogen) atoms. The second-order valence-electron chi connectivity index (χ2n) is 2.42. The summed E-state index contributed by atoms with van der Waals surface area (Å²) in [6.45, 7) is 2.60. The van der Waals surface area contributed by atoms with Crippen LogP contribution in [0.4, 0.5) is 17.2 Å². The van der Waals surface area contributed by atoms with Gasteiger partial charge in [-0.25, -0.2) is 4.98 Å². The van der Waals surface area contributed by atoms with Crippen molar-refractivity contribution < 1.29 is 4.92 Å². The molecule has 6 heteroatoms. The van der Waals surface area contributed by atoms with E-state index in [0.29, 0.717) is 12.4 Å². The Morgan fingerprint density at radius 3 is 2.92 bits per heavy atom. The van der Waals surface area contributed by atoms with Crippen LogP contribution < -0.4 is 11.1 Å². The number of nitrogens with zero attached hydrogens (tertiary/aromatic N) is 2. The quantitative estimate of drug-likeness (QED) is 0.537. The maximum Gasteiger partial charge on any atom is 0.310 e. The first-order valence-corrected chi connectivity index (χ1v) is 3.79. The first kappa shape index (κ1) is 9.24. The van der Waals surface area contributed by atoms with Crippen LogP contribution in [0, 0.1) is 10.1 Å². The van der Waals surface area contributed by atoms with Crippen molar-refractivity contribution in [1.29, 1.82) is 0 Å². The number of anilines is 2. The van der Waals surface area contributed by atoms with Crippen molar-refractivity contribution in [3.8, 4) is 0 Å². The third kappa shape index (κ3) is 2.05. The normalized spacial score (nSPS) is 9.62. The minimum atomic E-state index is -0.557. The standard InChI is InChI=1S/C7H10N4O2/c1-2-9-7-3-5(8)6(4-10-7)11(12)13/h3-4H,2H2,1H3,(H3,8,9,10). The maximum atomic E-state index is 10.4. The summed E-state index contributed by atoms with van der Waals surface area (Å²) in [5.74, 6) is 0.547. The van der Waals surface area contributed by atoms with Crippen LogP contribution in [-0.4, -0.2) is 16.5 Å². The van der Waals surface area contributed by atoms with Crippen molar-refractivity contribution in [2.24, 2.45) is 0 Å². The molecule has 1 heterocycles. The molecule has 0 radical (unpaired) electrons. The Morgan fingerprint density at radius 2 is 2.46 bits per heavy atom. The summed E-state index contributed by atoms with van der Waals surface area (Å²) in [6.07, 6.45) is 1.15. The second-order valence-corrected chi connectivity index (χ2v) is 2.42. The Labute approximate surface area is 74.9 Å². The molecular weight excluding hydrogens is 172 g/mol. The lowest BCUT2D eigenvalue weighted by atomic mass is 10.3. The summed E-state index contributed by atoms with van der Waals surface area (Å²) in [5.41, 5.74) is 5.39. The lowest BCUT2D eigenvalue weighted by Crippen LogP contribution is -2.02. The average Bonchev–Trinajstić information content (AvgIpc) is 2.04. The number of nitrogens with one attached hydrogen (secondary N) is 1. The number of aromatic nitrogens is 1. The zero-order chi connectivity index (χ0) is 9.84. The van der Waals surface area contributed by atoms with Crippen molar-refractivity contribution >= 4 is 17.2 Å². The van der Waals surface area contributed by atoms with Gasteiger partial charge in [0.05, 0.1) is 4.92 Å². The topological polar surface area (TPSA) is 94.1 Å². The van der Waals surface area contributed by atoms with Crippen molar-refractivity contribution in [1.82, 2.24) is 4.98 Å². The Hall–Kier alpha value is -1.85. The number of nitrogens with two attached hydrogens (primary N) is 1. The Bertz CT molecular complexity index is 326. The number of rotatable bonds is 3. The van der Waals surface area contributed by atoms with E-state index < -0.39 is 4.92 Å². The molecule has 0 unspecified atom stereocenters. The molecule has 0 spiro atoms. The van der Waals surface area contributed by atoms with Crippen LogP contribution in [0.25, 0.3) is 0 Å². The van der Waals surface area contributed by atoms with Gasteiger partial charge in [0.15, 0.2) is 0 Å². The molecule has 0 aliphatic carbocycles. The molecule has 0 fully saturated rings. The summed E-state index contributed by atoms with van der Waals surface area (Å²) in [5, 5.41) is 13.3. The largest absolute Gasteiger partial charge is 0.393 e. The van der Waals surface area contributed by atoms with Gasteiger partial charge in [-0.15, -0.1) is 0 Å². The molecule has 6 nitrogen and oxygen atoms in total. The molecule has 0 saturated heterocycles. The first-order valence-electron chi connectivity index (χ1n) is 3.79. The molecular formula is C7H10N4O2. The number of hydrogen-bond donors (Lipinski definition) is 2. The van der Waals surface area contributed by atoms with E-state index in [4.69, 9.17) is 5.73 Å². The molecule has 0 bridgehead atoms. The van der Waals surface area contributed by atoms with Crippen LogP contribution in [0.2, 0.25) is 0 Å². The highest BCUT2D eigenvalue weighted by Crippen LogP contribution is 2.21. The van der Waals surface area contributed by atoms with E-state index in [9.17, 15) is 10.1 Å². The highest BCUT2D eigenvalue weighted by molar-refractivity contribution is 5.61. The van der Waals surface area contributed by atoms with Gasteiger partial charge in [0.25, 0.3) is 0 Å². The molecule has 0 amide bonds. The van der Waals surface area contributed by atoms with Crippen molar-refractivity contribution in [3.63, 3.8) is 0 Å². The highest BCUT2D eigenvalue weighted by Gasteiger charge is 2.11. The second kappa shape index (κ2) is 3.70. The zero-order valence-electron chi connectivity index (χ0n) is 7.15. The summed E-state index contributed by atoms with van der Waals surface area (Å²) in [4.78, 5) is 13.6. The Morgan fingerprint density at radius 1 is 1.77 bits per heavy atom. The summed E-state index contributed by atoms with van der Waals surface area (Å²) < 4.78 is 0. The Balaban J connectivity index is 2.98. The molecule has 1 rings (SSSR count). The predicted molar refractivity (Wildman–Crippen MR) is 49.5 cm³/mol. The van der Waals surface area contributed by atoms with Gasteiger partial charge in [-0.1, -0.05) is 0 Å². The zero-order valence-corrected chi connectivity index (χ0v) is 7.15. The van der Waals surface area contributed by atoms with E-state index in [1.54, 1.807) is 0 Å². The third-order valence-electron chi connectivity index (χ3n) is 1.47. The van der Waals surface area contributed by atoms with E-state index in [1.807, 2.05) is 6.92 Å². The highest BCUT2D eigenvalue weighted by atomic mass is 16.6. The third-order valence-corrected chi connectivity index (χ3v) is 1.47. The molecule has 1 aromatic heterocycles. The maximum absolute atomic E-state index is 10.4. The predicted octanol–water partition coefficient (Wildman–Crippen LogP) is 1.00. The number of pyridine rings is 1. The van der Waals surface area contributed by atoms with Crippen molar-refractivity contribution in [2.75, 3.05) is 17.6 Å². The number of nitro groups is 1. The van der Waals surface area contributed by atoms with Crippen LogP contribution in [0.1, 0.15) is 6.92 Å². The lowest BCUT2D eigenvalue weighted by Gasteiger charge is -2.02. The van der Waals surface area contributed by atoms with Crippen molar-refractivity contribution in [2.45, 2.75) is 6.92 Å². The summed E-state index contributed by atoms with van der Waals surface area (Å²) >= 11 is 0. The lowest BCUT2D eigenvalue weighted by molar-refractivity contribution is -0.384. The van der Waals surface area contributed by atoms with Gasteiger partial charge in [0.1, 0.15) is 17.7 Å². The van der Waals surface area contributed by atoms with Gasteiger partial charge >= 0.3 is 5.69 Å². The van der Waals surface area contributed by atoms with Crippen LogP contribution in [0.15, 0.2) is 12.3 Å². The SMILES string of the molecule is CCNc1cc(N)c([N+](=O)[O-])cn1. The number of nitrogen functional groups attached to an aromatic ring is 1. The number of hydrogen-bond acceptors (Lipinski definition) is 5. The van der Waals surface area contributed by atoms with Crippen LogP contribution in [0.3, 0.4) is 0 Å². The molecule has 1 aromatic rings. The summed E-state index contributed by atoms with van der Waals surface area (Å²) in [6, 6.07) is 1.45. The van der Waals surface area contributed by atoms with Crippen molar-refractivity contribution in [3.05, 3.63) is 22.4 Å². The monoisotopic (exact) mass is 182 g/mol. The van der Waals surface area contributed by atoms with E-state index in [0.717, 1.165) is 6.20 Å². The van der Waals surface area contributed by atoms with Crippen LogP contribution in [0.5, 0.6) is 0 Å². The van der Waals surface area contributed by atoms with Gasteiger partial charge in [-0.2, -0.15) is 0 Å². The molecule has 0 aliphatic heterocycles. The van der Waals surface area contributed by atoms with Crippen LogP contribution >= 0.6 is 0 Å². The van der Waals surface area contributed by atoms with E-state index >= 15 is 0 Å². The fourth-order valence-electron chi connectivity index (χ4n) is 0.894. The van der Waals surface area contributed by atoms with Gasteiger partial charge < -0.3 is 11.1 Å². The molecule has 70 valence electrons. The minimum absolute atomic E-state index is 0.121. The smallest absolute Gasteiger partial charge is 0.310 e. The molecule has 0 aromatic carbocycles. The van der Waals surface area contributed by atoms with E-state index in [2.05, 4.69) is 10.3 Å². The fraction of sp³-hybridized carbons (Fsp3) is 0.286. The average molecular weight is 182 g/mol. The first-order chi connectivity index (χ1) is 6.15. The summed E-state index contributed by atoms with van der Waals surface area (Å²) in [7, 11) is 0. The van der Waals surface area contributed by atoms with Gasteiger partial charge in [-0.3, -0.25) is 10.1 Å². The van der Waals surface area contributed by atoms with E-state index in [1.165, 1.54) is 6.07 Å². The molecule has 0 aliphatic rings. The fourth-order valence-corrected chi connectivity index (χ4v) is 0.894. The van der Waals surface area contributed by atoms with Gasteiger partial charge in [-0.05, 0) is 6.92 Å². The van der Waals surface area contributed by atoms with Gasteiger partial charge in [0, 0.05) is 12.6 Å². The van der Waals surface area contributed by atoms with Crippen LogP contribution in [-0.2, 0) is 0 Å². The van der Waals surface area contributed by atoms with Gasteiger partial charge in [0.2, 0.25) is 0 Å². The minimum Gasteiger partial charge on any atom is -0.393 e. The van der Waals surface area contributed by atoms with E-state index in [-0.39, 0.29) is 11.4 Å². The molecule has 0 saturated carbocycles. The molecule has 0 atom stereocenters. The Kier molecular flexibility index (Phi) is 2.63. The molecule has 3 N–H and O–H groups in total.